The molecule has 1 fully saturated rings. The van der Waals surface area contributed by atoms with Crippen LogP contribution >= 0.6 is 0 Å². The zero-order chi connectivity index (χ0) is 13.6. The maximum Gasteiger partial charge on any atom is 0.0724 e. The van der Waals surface area contributed by atoms with Gasteiger partial charge in [0.15, 0.2) is 0 Å². The number of rotatable bonds is 7. The number of aliphatic hydroxyl groups excluding tert-OH is 1. The van der Waals surface area contributed by atoms with E-state index in [1.807, 2.05) is 14.2 Å². The van der Waals surface area contributed by atoms with E-state index >= 15 is 0 Å². The maximum absolute atomic E-state index is 9.34. The Hall–Kier alpha value is -0.160. The van der Waals surface area contributed by atoms with Crippen molar-refractivity contribution in [2.75, 3.05) is 40.4 Å². The summed E-state index contributed by atoms with van der Waals surface area (Å²) >= 11 is 0. The van der Waals surface area contributed by atoms with Gasteiger partial charge in [0.05, 0.1) is 12.7 Å². The van der Waals surface area contributed by atoms with Crippen molar-refractivity contribution in [2.24, 2.45) is 5.92 Å². The number of hydrogen-bond donors (Lipinski definition) is 2. The molecule has 1 saturated heterocycles. The van der Waals surface area contributed by atoms with Crippen molar-refractivity contribution < 1.29 is 9.84 Å². The average molecular weight is 258 g/mol. The van der Waals surface area contributed by atoms with Gasteiger partial charge in [0.25, 0.3) is 0 Å². The van der Waals surface area contributed by atoms with Crippen LogP contribution in [0.4, 0.5) is 0 Å². The summed E-state index contributed by atoms with van der Waals surface area (Å²) in [6.45, 7) is 7.87. The maximum atomic E-state index is 9.34. The molecule has 0 amide bonds. The standard InChI is InChI=1S/C14H30N2O2/c1-12-6-9-16(10-13(12)18-4)8-5-7-14(2,11-17)15-3/h12-13,15,17H,5-11H2,1-4H3. The van der Waals surface area contributed by atoms with E-state index in [2.05, 4.69) is 24.1 Å². The average Bonchev–Trinajstić information content (AvgIpc) is 2.40. The molecule has 3 unspecified atom stereocenters. The van der Waals surface area contributed by atoms with Crippen LogP contribution in [0.5, 0.6) is 0 Å². The molecule has 0 aromatic rings. The molecule has 3 atom stereocenters. The Morgan fingerprint density at radius 2 is 2.22 bits per heavy atom. The van der Waals surface area contributed by atoms with Crippen molar-refractivity contribution in [2.45, 2.75) is 44.8 Å². The lowest BCUT2D eigenvalue weighted by Gasteiger charge is -2.37. The van der Waals surface area contributed by atoms with Crippen molar-refractivity contribution >= 4 is 0 Å². The largest absolute Gasteiger partial charge is 0.394 e. The van der Waals surface area contributed by atoms with Crippen LogP contribution in [0, 0.1) is 5.92 Å². The molecule has 1 aliphatic rings. The molecule has 0 aromatic heterocycles. The normalized spacial score (nSPS) is 29.2. The monoisotopic (exact) mass is 258 g/mol. The Morgan fingerprint density at radius 3 is 2.78 bits per heavy atom. The van der Waals surface area contributed by atoms with Crippen LogP contribution in [0.15, 0.2) is 0 Å². The molecule has 1 heterocycles. The first-order valence-corrected chi connectivity index (χ1v) is 7.09. The van der Waals surface area contributed by atoms with Gasteiger partial charge in [-0.2, -0.15) is 0 Å². The van der Waals surface area contributed by atoms with Crippen LogP contribution in [0.3, 0.4) is 0 Å². The predicted octanol–water partition coefficient (Wildman–Crippen LogP) is 1.09. The van der Waals surface area contributed by atoms with E-state index in [0.29, 0.717) is 12.0 Å². The Balaban J connectivity index is 2.27. The van der Waals surface area contributed by atoms with E-state index in [0.717, 1.165) is 25.9 Å². The molecule has 4 heteroatoms. The Bertz CT molecular complexity index is 232. The summed E-state index contributed by atoms with van der Waals surface area (Å²) < 4.78 is 5.53. The Kier molecular flexibility index (Phi) is 6.57. The van der Waals surface area contributed by atoms with Crippen molar-refractivity contribution in [1.82, 2.24) is 10.2 Å². The van der Waals surface area contributed by atoms with Gasteiger partial charge in [-0.3, -0.25) is 0 Å². The number of likely N-dealkylation sites (N-methyl/N-ethyl adjacent to an activating group) is 1. The van der Waals surface area contributed by atoms with Gasteiger partial charge in [-0.05, 0) is 52.2 Å². The molecule has 0 spiro atoms. The molecule has 1 rings (SSSR count). The van der Waals surface area contributed by atoms with E-state index in [1.54, 1.807) is 0 Å². The number of likely N-dealkylation sites (tertiary alicyclic amines) is 1. The summed E-state index contributed by atoms with van der Waals surface area (Å²) in [5.74, 6) is 0.672. The van der Waals surface area contributed by atoms with Gasteiger partial charge in [-0.15, -0.1) is 0 Å². The minimum absolute atomic E-state index is 0.135. The lowest BCUT2D eigenvalue weighted by molar-refractivity contribution is -0.00593. The second-order valence-electron chi connectivity index (χ2n) is 5.91. The zero-order valence-electron chi connectivity index (χ0n) is 12.4. The van der Waals surface area contributed by atoms with E-state index < -0.39 is 0 Å². The highest BCUT2D eigenvalue weighted by Crippen LogP contribution is 2.20. The first kappa shape index (κ1) is 15.9. The van der Waals surface area contributed by atoms with Gasteiger partial charge in [0.2, 0.25) is 0 Å². The minimum atomic E-state index is -0.135. The van der Waals surface area contributed by atoms with E-state index in [4.69, 9.17) is 4.74 Å². The number of nitrogens with zero attached hydrogens (tertiary/aromatic N) is 1. The van der Waals surface area contributed by atoms with Crippen LogP contribution in [-0.4, -0.2) is 62.0 Å². The number of piperidine rings is 1. The van der Waals surface area contributed by atoms with Crippen LogP contribution in [-0.2, 0) is 4.74 Å². The van der Waals surface area contributed by atoms with Gasteiger partial charge in [-0.1, -0.05) is 6.92 Å². The first-order chi connectivity index (χ1) is 8.54. The molecular weight excluding hydrogens is 228 g/mol. The quantitative estimate of drug-likeness (QED) is 0.717. The summed E-state index contributed by atoms with van der Waals surface area (Å²) in [7, 11) is 3.73. The molecule has 0 bridgehead atoms. The molecule has 2 N–H and O–H groups in total. The van der Waals surface area contributed by atoms with Crippen molar-refractivity contribution in [3.63, 3.8) is 0 Å². The van der Waals surface area contributed by atoms with Gasteiger partial charge in [-0.25, -0.2) is 0 Å². The number of methoxy groups -OCH3 is 1. The molecule has 1 aliphatic heterocycles. The van der Waals surface area contributed by atoms with Gasteiger partial charge < -0.3 is 20.1 Å². The third kappa shape index (κ3) is 4.50. The van der Waals surface area contributed by atoms with E-state index in [9.17, 15) is 5.11 Å². The third-order valence-corrected chi connectivity index (χ3v) is 4.43. The number of nitrogens with one attached hydrogen (secondary N) is 1. The summed E-state index contributed by atoms with van der Waals surface area (Å²) in [4.78, 5) is 2.49. The molecular formula is C14H30N2O2. The SMILES string of the molecule is CNC(C)(CO)CCCN1CCC(C)C(OC)C1. The molecule has 0 aromatic carbocycles. The van der Waals surface area contributed by atoms with Gasteiger partial charge in [0.1, 0.15) is 0 Å². The smallest absolute Gasteiger partial charge is 0.0724 e. The number of hydrogen-bond acceptors (Lipinski definition) is 4. The van der Waals surface area contributed by atoms with Gasteiger partial charge >= 0.3 is 0 Å². The van der Waals surface area contributed by atoms with Crippen LogP contribution in [0.1, 0.15) is 33.1 Å². The lowest BCUT2D eigenvalue weighted by Crippen LogP contribution is -2.46. The Morgan fingerprint density at radius 1 is 1.50 bits per heavy atom. The summed E-state index contributed by atoms with van der Waals surface area (Å²) in [5, 5.41) is 12.5. The Labute approximate surface area is 112 Å². The summed E-state index contributed by atoms with van der Waals surface area (Å²) in [5.41, 5.74) is -0.135. The fraction of sp³-hybridized carbons (Fsp3) is 1.00. The van der Waals surface area contributed by atoms with E-state index in [1.165, 1.54) is 13.0 Å². The van der Waals surface area contributed by atoms with Gasteiger partial charge in [0, 0.05) is 19.2 Å². The topological polar surface area (TPSA) is 44.7 Å². The molecule has 4 nitrogen and oxygen atoms in total. The van der Waals surface area contributed by atoms with Crippen molar-refractivity contribution in [3.05, 3.63) is 0 Å². The number of aliphatic hydroxyl groups is 1. The highest BCUT2D eigenvalue weighted by Gasteiger charge is 2.26. The zero-order valence-corrected chi connectivity index (χ0v) is 12.4. The molecule has 0 radical (unpaired) electrons. The van der Waals surface area contributed by atoms with Crippen molar-refractivity contribution in [3.8, 4) is 0 Å². The summed E-state index contributed by atoms with van der Waals surface area (Å²) in [6.07, 6.45) is 3.72. The molecule has 18 heavy (non-hydrogen) atoms. The first-order valence-electron chi connectivity index (χ1n) is 7.09. The van der Waals surface area contributed by atoms with Crippen LogP contribution < -0.4 is 5.32 Å². The fourth-order valence-corrected chi connectivity index (χ4v) is 2.58. The highest BCUT2D eigenvalue weighted by atomic mass is 16.5. The molecule has 0 aliphatic carbocycles. The highest BCUT2D eigenvalue weighted by molar-refractivity contribution is 4.82. The molecule has 0 saturated carbocycles. The lowest BCUT2D eigenvalue weighted by atomic mass is 9.94. The second-order valence-corrected chi connectivity index (χ2v) is 5.91. The minimum Gasteiger partial charge on any atom is -0.394 e. The van der Waals surface area contributed by atoms with Crippen LogP contribution in [0.25, 0.3) is 0 Å². The van der Waals surface area contributed by atoms with Crippen LogP contribution in [0.2, 0.25) is 0 Å². The van der Waals surface area contributed by atoms with Crippen molar-refractivity contribution in [1.29, 1.82) is 0 Å². The third-order valence-electron chi connectivity index (χ3n) is 4.43. The summed E-state index contributed by atoms with van der Waals surface area (Å²) in [6, 6.07) is 0. The second kappa shape index (κ2) is 7.43. The fourth-order valence-electron chi connectivity index (χ4n) is 2.58. The molecule has 108 valence electrons. The number of ether oxygens (including phenoxy) is 1. The predicted molar refractivity (Wildman–Crippen MR) is 74.8 cm³/mol. The van der Waals surface area contributed by atoms with E-state index in [-0.39, 0.29) is 12.1 Å².